The number of anilines is 2. The molecule has 28 heavy (non-hydrogen) atoms. The zero-order valence-electron chi connectivity index (χ0n) is 16.6. The molecule has 148 valence electrons. The second-order valence-electron chi connectivity index (χ2n) is 7.06. The van der Waals surface area contributed by atoms with Gasteiger partial charge in [-0.3, -0.25) is 14.6 Å². The first-order valence-corrected chi connectivity index (χ1v) is 10.0. The van der Waals surface area contributed by atoms with Gasteiger partial charge in [0.1, 0.15) is 5.69 Å². The minimum Gasteiger partial charge on any atom is -0.372 e. The first-order chi connectivity index (χ1) is 13.6. The van der Waals surface area contributed by atoms with Crippen molar-refractivity contribution < 1.29 is 9.59 Å². The molecule has 1 aliphatic carbocycles. The van der Waals surface area contributed by atoms with E-state index in [9.17, 15) is 9.59 Å². The number of hydrogen-bond donors (Lipinski definition) is 2. The van der Waals surface area contributed by atoms with Crippen LogP contribution in [-0.2, 0) is 0 Å². The normalized spacial score (nSPS) is 13.9. The van der Waals surface area contributed by atoms with Gasteiger partial charge in [-0.15, -0.1) is 0 Å². The molecule has 6 nitrogen and oxygen atoms in total. The maximum atomic E-state index is 12.5. The number of amides is 2. The van der Waals surface area contributed by atoms with Crippen molar-refractivity contribution in [2.75, 3.05) is 23.3 Å². The molecule has 6 heteroatoms. The molecule has 1 aromatic heterocycles. The number of pyridine rings is 1. The van der Waals surface area contributed by atoms with Crippen molar-refractivity contribution >= 4 is 23.2 Å². The summed E-state index contributed by atoms with van der Waals surface area (Å²) in [4.78, 5) is 31.3. The fourth-order valence-corrected chi connectivity index (χ4v) is 3.57. The number of carbonyl (C=O) groups is 2. The van der Waals surface area contributed by atoms with E-state index in [0.717, 1.165) is 44.5 Å². The largest absolute Gasteiger partial charge is 0.372 e. The number of hydrogen-bond acceptors (Lipinski definition) is 4. The first-order valence-electron chi connectivity index (χ1n) is 10.0. The molecule has 1 aromatic carbocycles. The Balaban J connectivity index is 1.65. The van der Waals surface area contributed by atoms with Gasteiger partial charge in [0.25, 0.3) is 11.8 Å². The highest BCUT2D eigenvalue weighted by Crippen LogP contribution is 2.19. The average Bonchev–Trinajstić information content (AvgIpc) is 3.23. The lowest BCUT2D eigenvalue weighted by Gasteiger charge is -2.21. The fourth-order valence-electron chi connectivity index (χ4n) is 3.57. The topological polar surface area (TPSA) is 74.3 Å². The summed E-state index contributed by atoms with van der Waals surface area (Å²) in [6, 6.07) is 11.2. The summed E-state index contributed by atoms with van der Waals surface area (Å²) >= 11 is 0. The van der Waals surface area contributed by atoms with Crippen molar-refractivity contribution in [1.29, 1.82) is 0 Å². The van der Waals surface area contributed by atoms with Crippen molar-refractivity contribution in [2.24, 2.45) is 0 Å². The van der Waals surface area contributed by atoms with Crippen molar-refractivity contribution in [2.45, 2.75) is 45.6 Å². The predicted molar refractivity (Wildman–Crippen MR) is 112 cm³/mol. The van der Waals surface area contributed by atoms with Crippen LogP contribution < -0.4 is 15.5 Å². The van der Waals surface area contributed by atoms with Crippen molar-refractivity contribution in [3.05, 3.63) is 53.9 Å². The van der Waals surface area contributed by atoms with Crippen LogP contribution in [0.5, 0.6) is 0 Å². The van der Waals surface area contributed by atoms with Crippen molar-refractivity contribution in [3.63, 3.8) is 0 Å². The molecule has 0 aliphatic heterocycles. The Bertz CT molecular complexity index is 810. The highest BCUT2D eigenvalue weighted by atomic mass is 16.2. The number of carbonyl (C=O) groups excluding carboxylic acids is 2. The molecule has 1 aliphatic rings. The lowest BCUT2D eigenvalue weighted by Crippen LogP contribution is -2.32. The smallest absolute Gasteiger partial charge is 0.274 e. The lowest BCUT2D eigenvalue weighted by molar-refractivity contribution is 0.0937. The molecule has 2 N–H and O–H groups in total. The summed E-state index contributed by atoms with van der Waals surface area (Å²) in [5, 5.41) is 5.88. The molecule has 1 heterocycles. The van der Waals surface area contributed by atoms with Gasteiger partial charge < -0.3 is 15.5 Å². The zero-order valence-corrected chi connectivity index (χ0v) is 16.6. The molecule has 0 atom stereocenters. The fraction of sp³-hybridized carbons (Fsp3) is 0.409. The van der Waals surface area contributed by atoms with Gasteiger partial charge in [0, 0.05) is 42.3 Å². The maximum absolute atomic E-state index is 12.5. The molecule has 3 rings (SSSR count). The van der Waals surface area contributed by atoms with Gasteiger partial charge in [0.2, 0.25) is 0 Å². The quantitative estimate of drug-likeness (QED) is 0.765. The summed E-state index contributed by atoms with van der Waals surface area (Å²) in [6.07, 6.45) is 5.85. The number of benzene rings is 1. The van der Waals surface area contributed by atoms with Crippen LogP contribution in [0.1, 0.15) is 60.4 Å². The molecular formula is C22H28N4O2. The molecule has 2 aromatic rings. The van der Waals surface area contributed by atoms with Crippen LogP contribution in [0, 0.1) is 0 Å². The van der Waals surface area contributed by atoms with E-state index in [0.29, 0.717) is 11.3 Å². The van der Waals surface area contributed by atoms with Gasteiger partial charge >= 0.3 is 0 Å². The molecule has 0 spiro atoms. The number of rotatable bonds is 7. The van der Waals surface area contributed by atoms with Crippen LogP contribution in [0.15, 0.2) is 42.6 Å². The van der Waals surface area contributed by atoms with Crippen LogP contribution in [-0.4, -0.2) is 35.9 Å². The summed E-state index contributed by atoms with van der Waals surface area (Å²) < 4.78 is 0. The SMILES string of the molecule is CCN(CC)c1ccc(NC(=O)c2cc(C(=O)NC3CCCC3)ccn2)cc1. The number of nitrogens with one attached hydrogen (secondary N) is 2. The van der Waals surface area contributed by atoms with Gasteiger partial charge in [-0.2, -0.15) is 0 Å². The Morgan fingerprint density at radius 2 is 1.71 bits per heavy atom. The predicted octanol–water partition coefficient (Wildman–Crippen LogP) is 3.85. The summed E-state index contributed by atoms with van der Waals surface area (Å²) in [5.74, 6) is -0.474. The minimum atomic E-state index is -0.328. The van der Waals surface area contributed by atoms with Crippen molar-refractivity contribution in [1.82, 2.24) is 10.3 Å². The highest BCUT2D eigenvalue weighted by Gasteiger charge is 2.19. The second kappa shape index (κ2) is 9.35. The molecule has 1 saturated carbocycles. The molecule has 0 unspecified atom stereocenters. The Morgan fingerprint density at radius 1 is 1.04 bits per heavy atom. The first kappa shape index (κ1) is 19.9. The number of aromatic nitrogens is 1. The van der Waals surface area contributed by atoms with E-state index in [-0.39, 0.29) is 23.6 Å². The van der Waals surface area contributed by atoms with Gasteiger partial charge in [-0.1, -0.05) is 12.8 Å². The third kappa shape index (κ3) is 4.88. The van der Waals surface area contributed by atoms with E-state index in [2.05, 4.69) is 34.4 Å². The maximum Gasteiger partial charge on any atom is 0.274 e. The Labute approximate surface area is 166 Å². The average molecular weight is 380 g/mol. The van der Waals surface area contributed by atoms with Gasteiger partial charge in [-0.05, 0) is 63.1 Å². The van der Waals surface area contributed by atoms with Crippen LogP contribution in [0.25, 0.3) is 0 Å². The highest BCUT2D eigenvalue weighted by molar-refractivity contribution is 6.04. The number of nitrogens with zero attached hydrogens (tertiary/aromatic N) is 2. The summed E-state index contributed by atoms with van der Waals surface area (Å²) in [7, 11) is 0. The standard InChI is InChI=1S/C22H28N4O2/c1-3-26(4-2)19-11-9-18(10-12-19)25-22(28)20-15-16(13-14-23-20)21(27)24-17-7-5-6-8-17/h9-15,17H,3-8H2,1-2H3,(H,24,27)(H,25,28). The lowest BCUT2D eigenvalue weighted by atomic mass is 10.1. The monoisotopic (exact) mass is 380 g/mol. The van der Waals surface area contributed by atoms with Gasteiger partial charge in [-0.25, -0.2) is 0 Å². The van der Waals surface area contributed by atoms with E-state index in [1.54, 1.807) is 12.1 Å². The van der Waals surface area contributed by atoms with Crippen LogP contribution in [0.2, 0.25) is 0 Å². The van der Waals surface area contributed by atoms with E-state index < -0.39 is 0 Å². The minimum absolute atomic E-state index is 0.146. The van der Waals surface area contributed by atoms with Crippen LogP contribution >= 0.6 is 0 Å². The molecule has 1 fully saturated rings. The molecule has 0 bridgehead atoms. The Kier molecular flexibility index (Phi) is 6.63. The molecule has 0 saturated heterocycles. The Hall–Kier alpha value is -2.89. The van der Waals surface area contributed by atoms with E-state index in [1.165, 1.54) is 6.20 Å². The third-order valence-corrected chi connectivity index (χ3v) is 5.20. The van der Waals surface area contributed by atoms with Crippen LogP contribution in [0.3, 0.4) is 0 Å². The van der Waals surface area contributed by atoms with Gasteiger partial charge in [0.05, 0.1) is 0 Å². The van der Waals surface area contributed by atoms with Crippen LogP contribution in [0.4, 0.5) is 11.4 Å². The molecule has 0 radical (unpaired) electrons. The van der Waals surface area contributed by atoms with E-state index in [4.69, 9.17) is 0 Å². The zero-order chi connectivity index (χ0) is 19.9. The summed E-state index contributed by atoms with van der Waals surface area (Å²) in [6.45, 7) is 6.09. The van der Waals surface area contributed by atoms with E-state index >= 15 is 0 Å². The third-order valence-electron chi connectivity index (χ3n) is 5.20. The van der Waals surface area contributed by atoms with E-state index in [1.807, 2.05) is 24.3 Å². The molecular weight excluding hydrogens is 352 g/mol. The second-order valence-corrected chi connectivity index (χ2v) is 7.06. The summed E-state index contributed by atoms with van der Waals surface area (Å²) in [5.41, 5.74) is 2.51. The Morgan fingerprint density at radius 3 is 2.36 bits per heavy atom. The van der Waals surface area contributed by atoms with Crippen molar-refractivity contribution in [3.8, 4) is 0 Å². The molecule has 2 amide bonds. The van der Waals surface area contributed by atoms with Gasteiger partial charge in [0.15, 0.2) is 0 Å².